The van der Waals surface area contributed by atoms with Gasteiger partial charge in [-0.1, -0.05) is 23.7 Å². The molecule has 0 radical (unpaired) electrons. The van der Waals surface area contributed by atoms with Crippen molar-refractivity contribution in [2.45, 2.75) is 0 Å². The predicted octanol–water partition coefficient (Wildman–Crippen LogP) is 2.66. The smallest absolute Gasteiger partial charge is 0.142 e. The average molecular weight is 245 g/mol. The SMILES string of the molecule is Nc1cc(Cl)nc(-n2cnc3ccccc32)c1. The summed E-state index contributed by atoms with van der Waals surface area (Å²) in [6, 6.07) is 11.2. The maximum absolute atomic E-state index is 5.89. The maximum atomic E-state index is 5.89. The Morgan fingerprint density at radius 3 is 2.82 bits per heavy atom. The van der Waals surface area contributed by atoms with Crippen LogP contribution in [0.3, 0.4) is 0 Å². The van der Waals surface area contributed by atoms with Crippen LogP contribution in [0.2, 0.25) is 5.15 Å². The van der Waals surface area contributed by atoms with Gasteiger partial charge < -0.3 is 5.73 Å². The maximum Gasteiger partial charge on any atom is 0.142 e. The van der Waals surface area contributed by atoms with E-state index in [2.05, 4.69) is 9.97 Å². The Kier molecular flexibility index (Phi) is 2.23. The molecule has 2 aromatic heterocycles. The largest absolute Gasteiger partial charge is 0.399 e. The van der Waals surface area contributed by atoms with Gasteiger partial charge in [-0.2, -0.15) is 0 Å². The number of nitrogen functional groups attached to an aromatic ring is 1. The number of rotatable bonds is 1. The highest BCUT2D eigenvalue weighted by atomic mass is 35.5. The van der Waals surface area contributed by atoms with E-state index in [0.717, 1.165) is 11.0 Å². The molecule has 4 nitrogen and oxygen atoms in total. The van der Waals surface area contributed by atoms with Gasteiger partial charge in [0.1, 0.15) is 17.3 Å². The van der Waals surface area contributed by atoms with Gasteiger partial charge in [-0.05, 0) is 18.2 Å². The number of imidazole rings is 1. The topological polar surface area (TPSA) is 56.7 Å². The Balaban J connectivity index is 2.27. The molecular weight excluding hydrogens is 236 g/mol. The molecule has 0 aliphatic carbocycles. The molecule has 17 heavy (non-hydrogen) atoms. The lowest BCUT2D eigenvalue weighted by Crippen LogP contribution is -1.98. The number of anilines is 1. The number of nitrogens with zero attached hydrogens (tertiary/aromatic N) is 3. The molecule has 5 heteroatoms. The quantitative estimate of drug-likeness (QED) is 0.670. The number of nitrogens with two attached hydrogens (primary N) is 1. The number of aromatic nitrogens is 3. The van der Waals surface area contributed by atoms with Crippen molar-refractivity contribution >= 4 is 28.3 Å². The first-order valence-electron chi connectivity index (χ1n) is 5.09. The fourth-order valence-electron chi connectivity index (χ4n) is 1.77. The fourth-order valence-corrected chi connectivity index (χ4v) is 1.98. The van der Waals surface area contributed by atoms with Gasteiger partial charge >= 0.3 is 0 Å². The highest BCUT2D eigenvalue weighted by molar-refractivity contribution is 6.29. The van der Waals surface area contributed by atoms with E-state index in [1.165, 1.54) is 0 Å². The zero-order valence-electron chi connectivity index (χ0n) is 8.84. The molecule has 84 valence electrons. The van der Waals surface area contributed by atoms with Crippen molar-refractivity contribution in [3.63, 3.8) is 0 Å². The number of hydrogen-bond donors (Lipinski definition) is 1. The van der Waals surface area contributed by atoms with Crippen LogP contribution in [0.25, 0.3) is 16.9 Å². The van der Waals surface area contributed by atoms with Crippen LogP contribution in [0, 0.1) is 0 Å². The molecule has 2 N–H and O–H groups in total. The van der Waals surface area contributed by atoms with Gasteiger partial charge in [0.2, 0.25) is 0 Å². The van der Waals surface area contributed by atoms with Crippen molar-refractivity contribution in [2.75, 3.05) is 5.73 Å². The molecule has 0 unspecified atom stereocenters. The standard InChI is InChI=1S/C12H9ClN4/c13-11-5-8(14)6-12(16-11)17-7-15-9-3-1-2-4-10(9)17/h1-7H,(H2,14,16). The Morgan fingerprint density at radius 1 is 1.18 bits per heavy atom. The molecule has 0 atom stereocenters. The summed E-state index contributed by atoms with van der Waals surface area (Å²) < 4.78 is 1.86. The molecule has 0 saturated carbocycles. The zero-order valence-corrected chi connectivity index (χ0v) is 9.59. The Morgan fingerprint density at radius 2 is 2.00 bits per heavy atom. The lowest BCUT2D eigenvalue weighted by Gasteiger charge is -2.04. The third kappa shape index (κ3) is 1.72. The van der Waals surface area contributed by atoms with Gasteiger partial charge in [0, 0.05) is 11.8 Å². The summed E-state index contributed by atoms with van der Waals surface area (Å²) in [5.41, 5.74) is 8.22. The fraction of sp³-hybridized carbons (Fsp3) is 0. The van der Waals surface area contributed by atoms with Crippen LogP contribution >= 0.6 is 11.6 Å². The molecule has 3 rings (SSSR count). The normalized spacial score (nSPS) is 10.9. The Hall–Kier alpha value is -2.07. The van der Waals surface area contributed by atoms with Crippen LogP contribution in [-0.4, -0.2) is 14.5 Å². The van der Waals surface area contributed by atoms with Crippen LogP contribution < -0.4 is 5.73 Å². The summed E-state index contributed by atoms with van der Waals surface area (Å²) in [7, 11) is 0. The highest BCUT2D eigenvalue weighted by Gasteiger charge is 2.06. The van der Waals surface area contributed by atoms with Crippen molar-refractivity contribution in [2.24, 2.45) is 0 Å². The van der Waals surface area contributed by atoms with E-state index in [-0.39, 0.29) is 0 Å². The Labute approximate surface area is 103 Å². The number of fused-ring (bicyclic) bond motifs is 1. The first-order chi connectivity index (χ1) is 8.24. The minimum Gasteiger partial charge on any atom is -0.399 e. The summed E-state index contributed by atoms with van der Waals surface area (Å²) in [6.45, 7) is 0. The molecule has 0 bridgehead atoms. The van der Waals surface area contributed by atoms with E-state index in [1.807, 2.05) is 28.8 Å². The van der Waals surface area contributed by atoms with E-state index >= 15 is 0 Å². The second-order valence-corrected chi connectivity index (χ2v) is 4.07. The van der Waals surface area contributed by atoms with Crippen LogP contribution in [0.1, 0.15) is 0 Å². The van der Waals surface area contributed by atoms with Crippen LogP contribution in [0.15, 0.2) is 42.7 Å². The first-order valence-corrected chi connectivity index (χ1v) is 5.47. The second kappa shape index (κ2) is 3.75. The predicted molar refractivity (Wildman–Crippen MR) is 68.3 cm³/mol. The molecule has 0 aliphatic rings. The molecule has 0 amide bonds. The van der Waals surface area contributed by atoms with Gasteiger partial charge in [0.25, 0.3) is 0 Å². The third-order valence-electron chi connectivity index (χ3n) is 2.50. The lowest BCUT2D eigenvalue weighted by atomic mass is 10.3. The Bertz CT molecular complexity index is 670. The van der Waals surface area contributed by atoms with Gasteiger partial charge in [0.05, 0.1) is 11.0 Å². The average Bonchev–Trinajstić information content (AvgIpc) is 2.71. The minimum absolute atomic E-state index is 0.373. The second-order valence-electron chi connectivity index (χ2n) is 3.68. The summed E-state index contributed by atoms with van der Waals surface area (Å²) in [5.74, 6) is 0.670. The third-order valence-corrected chi connectivity index (χ3v) is 2.70. The number of hydrogen-bond acceptors (Lipinski definition) is 3. The molecule has 0 spiro atoms. The van der Waals surface area contributed by atoms with Crippen molar-refractivity contribution in [1.82, 2.24) is 14.5 Å². The monoisotopic (exact) mass is 244 g/mol. The van der Waals surface area contributed by atoms with Crippen LogP contribution in [0.4, 0.5) is 5.69 Å². The first kappa shape index (κ1) is 10.1. The summed E-state index contributed by atoms with van der Waals surface area (Å²) in [5, 5.41) is 0.373. The van der Waals surface area contributed by atoms with Gasteiger partial charge in [0.15, 0.2) is 0 Å². The van der Waals surface area contributed by atoms with E-state index in [0.29, 0.717) is 16.7 Å². The molecule has 0 saturated heterocycles. The summed E-state index contributed by atoms with van der Waals surface area (Å²) in [6.07, 6.45) is 1.71. The van der Waals surface area contributed by atoms with E-state index in [4.69, 9.17) is 17.3 Å². The molecular formula is C12H9ClN4. The number of halogens is 1. The van der Waals surface area contributed by atoms with E-state index in [9.17, 15) is 0 Å². The van der Waals surface area contributed by atoms with Crippen molar-refractivity contribution in [3.8, 4) is 5.82 Å². The van der Waals surface area contributed by atoms with Crippen molar-refractivity contribution in [1.29, 1.82) is 0 Å². The molecule has 0 aliphatic heterocycles. The number of pyridine rings is 1. The van der Waals surface area contributed by atoms with Crippen molar-refractivity contribution in [3.05, 3.63) is 47.9 Å². The molecule has 0 fully saturated rings. The van der Waals surface area contributed by atoms with Gasteiger partial charge in [-0.15, -0.1) is 0 Å². The summed E-state index contributed by atoms with van der Waals surface area (Å²) in [4.78, 5) is 8.53. The highest BCUT2D eigenvalue weighted by Crippen LogP contribution is 2.20. The van der Waals surface area contributed by atoms with Crippen molar-refractivity contribution < 1.29 is 0 Å². The van der Waals surface area contributed by atoms with Crippen LogP contribution in [0.5, 0.6) is 0 Å². The molecule has 2 heterocycles. The van der Waals surface area contributed by atoms with Gasteiger partial charge in [-0.25, -0.2) is 9.97 Å². The number of benzene rings is 1. The minimum atomic E-state index is 0.373. The van der Waals surface area contributed by atoms with E-state index in [1.54, 1.807) is 18.5 Å². The van der Waals surface area contributed by atoms with Gasteiger partial charge in [-0.3, -0.25) is 4.57 Å². The van der Waals surface area contributed by atoms with E-state index < -0.39 is 0 Å². The molecule has 1 aromatic carbocycles. The lowest BCUT2D eigenvalue weighted by molar-refractivity contribution is 1.02. The zero-order chi connectivity index (χ0) is 11.8. The summed E-state index contributed by atoms with van der Waals surface area (Å²) >= 11 is 5.89. The molecule has 3 aromatic rings. The van der Waals surface area contributed by atoms with Crippen LogP contribution in [-0.2, 0) is 0 Å². The number of para-hydroxylation sites is 2.